The number of thiol groups is 1. The van der Waals surface area contributed by atoms with Crippen LogP contribution in [0.25, 0.3) is 0 Å². The highest BCUT2D eigenvalue weighted by molar-refractivity contribution is 7.80. The Balaban J connectivity index is 0. The van der Waals surface area contributed by atoms with Gasteiger partial charge in [0.25, 0.3) is 0 Å². The monoisotopic (exact) mass is 135 g/mol. The molecule has 0 aliphatic heterocycles. The van der Waals surface area contributed by atoms with Gasteiger partial charge in [-0.25, -0.2) is 0 Å². The van der Waals surface area contributed by atoms with E-state index in [1.54, 1.807) is 0 Å². The van der Waals surface area contributed by atoms with Crippen LogP contribution >= 0.6 is 12.6 Å². The lowest BCUT2D eigenvalue weighted by atomic mass is 10.7. The molecule has 0 unspecified atom stereocenters. The SMILES string of the molecule is CC.CCNCCS. The Labute approximate surface area is 58.3 Å². The molecule has 0 bridgehead atoms. The van der Waals surface area contributed by atoms with Crippen LogP contribution in [0.1, 0.15) is 20.8 Å². The topological polar surface area (TPSA) is 12.0 Å². The molecular formula is C6H17NS. The molecule has 8 heavy (non-hydrogen) atoms. The zero-order chi connectivity index (χ0) is 6.83. The van der Waals surface area contributed by atoms with Crippen molar-refractivity contribution in [1.29, 1.82) is 0 Å². The van der Waals surface area contributed by atoms with Crippen molar-refractivity contribution in [3.8, 4) is 0 Å². The van der Waals surface area contributed by atoms with Crippen molar-refractivity contribution in [1.82, 2.24) is 5.32 Å². The fourth-order valence-corrected chi connectivity index (χ4v) is 0.414. The van der Waals surface area contributed by atoms with Crippen LogP contribution in [0.2, 0.25) is 0 Å². The molecule has 0 spiro atoms. The summed E-state index contributed by atoms with van der Waals surface area (Å²) in [5.41, 5.74) is 0. The number of hydrogen-bond acceptors (Lipinski definition) is 2. The summed E-state index contributed by atoms with van der Waals surface area (Å²) >= 11 is 3.99. The molecular weight excluding hydrogens is 118 g/mol. The molecule has 0 aromatic rings. The Morgan fingerprint density at radius 1 is 1.38 bits per heavy atom. The molecule has 0 saturated carbocycles. The number of rotatable bonds is 3. The van der Waals surface area contributed by atoms with Crippen LogP contribution in [0, 0.1) is 0 Å². The second kappa shape index (κ2) is 15.7. The first-order chi connectivity index (χ1) is 3.91. The van der Waals surface area contributed by atoms with Gasteiger partial charge in [0, 0.05) is 12.3 Å². The summed E-state index contributed by atoms with van der Waals surface area (Å²) < 4.78 is 0. The van der Waals surface area contributed by atoms with E-state index >= 15 is 0 Å². The van der Waals surface area contributed by atoms with Gasteiger partial charge in [0.2, 0.25) is 0 Å². The predicted octanol–water partition coefficient (Wildman–Crippen LogP) is 1.55. The largest absolute Gasteiger partial charge is 0.316 e. The Morgan fingerprint density at radius 2 is 1.88 bits per heavy atom. The normalized spacial score (nSPS) is 7.50. The van der Waals surface area contributed by atoms with Gasteiger partial charge < -0.3 is 5.32 Å². The minimum atomic E-state index is 0.938. The smallest absolute Gasteiger partial charge is 0.00396 e. The van der Waals surface area contributed by atoms with E-state index in [2.05, 4.69) is 24.9 Å². The maximum Gasteiger partial charge on any atom is 0.00396 e. The average Bonchev–Trinajstić information content (AvgIpc) is 1.88. The Morgan fingerprint density at radius 3 is 2.00 bits per heavy atom. The van der Waals surface area contributed by atoms with Crippen LogP contribution in [0.15, 0.2) is 0 Å². The van der Waals surface area contributed by atoms with Crippen LogP contribution < -0.4 is 5.32 Å². The van der Waals surface area contributed by atoms with E-state index in [1.165, 1.54) is 0 Å². The van der Waals surface area contributed by atoms with Gasteiger partial charge in [-0.05, 0) is 6.54 Å². The number of hydrogen-bond donors (Lipinski definition) is 2. The Hall–Kier alpha value is 0.310. The molecule has 2 heteroatoms. The summed E-state index contributed by atoms with van der Waals surface area (Å²) in [5, 5.41) is 3.12. The maximum atomic E-state index is 3.99. The Bertz CT molecular complexity index is 20.5. The minimum Gasteiger partial charge on any atom is -0.316 e. The molecule has 0 saturated heterocycles. The van der Waals surface area contributed by atoms with Gasteiger partial charge in [0.15, 0.2) is 0 Å². The average molecular weight is 135 g/mol. The second-order valence-electron chi connectivity index (χ2n) is 1.08. The molecule has 0 atom stereocenters. The molecule has 1 N–H and O–H groups in total. The van der Waals surface area contributed by atoms with Crippen LogP contribution in [-0.4, -0.2) is 18.8 Å². The third-order valence-corrected chi connectivity index (χ3v) is 0.762. The van der Waals surface area contributed by atoms with Crippen molar-refractivity contribution in [3.63, 3.8) is 0 Å². The lowest BCUT2D eigenvalue weighted by molar-refractivity contribution is 0.769. The highest BCUT2D eigenvalue weighted by Crippen LogP contribution is 1.65. The van der Waals surface area contributed by atoms with Gasteiger partial charge >= 0.3 is 0 Å². The lowest BCUT2D eigenvalue weighted by Crippen LogP contribution is -2.14. The van der Waals surface area contributed by atoms with E-state index in [-0.39, 0.29) is 0 Å². The van der Waals surface area contributed by atoms with Gasteiger partial charge in [-0.15, -0.1) is 0 Å². The lowest BCUT2D eigenvalue weighted by Gasteiger charge is -1.91. The van der Waals surface area contributed by atoms with Crippen molar-refractivity contribution in [2.45, 2.75) is 20.8 Å². The van der Waals surface area contributed by atoms with E-state index < -0.39 is 0 Å². The molecule has 0 radical (unpaired) electrons. The highest BCUT2D eigenvalue weighted by Gasteiger charge is 1.71. The van der Waals surface area contributed by atoms with Crippen LogP contribution in [0.5, 0.6) is 0 Å². The first-order valence-electron chi connectivity index (χ1n) is 3.23. The molecule has 0 rings (SSSR count). The minimum absolute atomic E-state index is 0.938. The molecule has 0 aliphatic rings. The fourth-order valence-electron chi connectivity index (χ4n) is 0.256. The molecule has 0 heterocycles. The maximum absolute atomic E-state index is 3.99. The van der Waals surface area contributed by atoms with E-state index in [4.69, 9.17) is 0 Å². The predicted molar refractivity (Wildman–Crippen MR) is 43.7 cm³/mol. The second-order valence-corrected chi connectivity index (χ2v) is 1.52. The molecule has 52 valence electrons. The number of nitrogens with one attached hydrogen (secondary N) is 1. The van der Waals surface area contributed by atoms with E-state index in [0.717, 1.165) is 18.8 Å². The van der Waals surface area contributed by atoms with E-state index in [1.807, 2.05) is 13.8 Å². The van der Waals surface area contributed by atoms with Crippen molar-refractivity contribution in [2.24, 2.45) is 0 Å². The van der Waals surface area contributed by atoms with Crippen LogP contribution in [-0.2, 0) is 0 Å². The van der Waals surface area contributed by atoms with Crippen LogP contribution in [0.4, 0.5) is 0 Å². The van der Waals surface area contributed by atoms with Crippen molar-refractivity contribution in [2.75, 3.05) is 18.8 Å². The zero-order valence-electron chi connectivity index (χ0n) is 6.07. The van der Waals surface area contributed by atoms with E-state index in [9.17, 15) is 0 Å². The standard InChI is InChI=1S/C4H11NS.C2H6/c1-2-5-3-4-6;1-2/h5-6H,2-4H2,1H3;1-2H3. The first kappa shape index (κ1) is 11.2. The summed E-state index contributed by atoms with van der Waals surface area (Å²) in [5.74, 6) is 0.938. The summed E-state index contributed by atoms with van der Waals surface area (Å²) in [6, 6.07) is 0. The highest BCUT2D eigenvalue weighted by atomic mass is 32.1. The Kier molecular flexibility index (Phi) is 21.8. The van der Waals surface area contributed by atoms with Gasteiger partial charge in [-0.2, -0.15) is 12.6 Å². The van der Waals surface area contributed by atoms with E-state index in [0.29, 0.717) is 0 Å². The van der Waals surface area contributed by atoms with Gasteiger partial charge in [-0.1, -0.05) is 20.8 Å². The van der Waals surface area contributed by atoms with Gasteiger partial charge in [-0.3, -0.25) is 0 Å². The van der Waals surface area contributed by atoms with Crippen molar-refractivity contribution >= 4 is 12.6 Å². The van der Waals surface area contributed by atoms with Crippen LogP contribution in [0.3, 0.4) is 0 Å². The quantitative estimate of drug-likeness (QED) is 0.442. The fraction of sp³-hybridized carbons (Fsp3) is 1.00. The molecule has 0 aliphatic carbocycles. The van der Waals surface area contributed by atoms with Gasteiger partial charge in [0.1, 0.15) is 0 Å². The molecule has 0 aromatic heterocycles. The molecule has 0 aromatic carbocycles. The van der Waals surface area contributed by atoms with Crippen molar-refractivity contribution < 1.29 is 0 Å². The molecule has 0 fully saturated rings. The zero-order valence-corrected chi connectivity index (χ0v) is 6.96. The summed E-state index contributed by atoms with van der Waals surface area (Å²) in [4.78, 5) is 0. The molecule has 1 nitrogen and oxygen atoms in total. The summed E-state index contributed by atoms with van der Waals surface area (Å²) in [6.07, 6.45) is 0. The summed E-state index contributed by atoms with van der Waals surface area (Å²) in [6.45, 7) is 8.17. The molecule has 0 amide bonds. The third kappa shape index (κ3) is 16.2. The third-order valence-electron chi connectivity index (χ3n) is 0.539. The van der Waals surface area contributed by atoms with Gasteiger partial charge in [0.05, 0.1) is 0 Å². The summed E-state index contributed by atoms with van der Waals surface area (Å²) in [7, 11) is 0. The van der Waals surface area contributed by atoms with Crippen molar-refractivity contribution in [3.05, 3.63) is 0 Å². The first-order valence-corrected chi connectivity index (χ1v) is 3.86.